The standard InChI is InChI=1S/C14H14N4O/c1-8-3-4-11(19-2)13-10(8)5-9-7-16-12(6-15)17-14(9)18-13/h3-5,7H,6,15H2,1-2H3. The summed E-state index contributed by atoms with van der Waals surface area (Å²) < 4.78 is 5.36. The van der Waals surface area contributed by atoms with Crippen LogP contribution in [-0.4, -0.2) is 22.1 Å². The molecule has 0 atom stereocenters. The molecule has 0 unspecified atom stereocenters. The molecular formula is C14H14N4O. The minimum atomic E-state index is 0.306. The molecule has 2 heterocycles. The van der Waals surface area contributed by atoms with Gasteiger partial charge in [0, 0.05) is 17.0 Å². The van der Waals surface area contributed by atoms with E-state index in [1.807, 2.05) is 25.1 Å². The van der Waals surface area contributed by atoms with E-state index in [4.69, 9.17) is 10.5 Å². The smallest absolute Gasteiger partial charge is 0.163 e. The summed E-state index contributed by atoms with van der Waals surface area (Å²) in [6.07, 6.45) is 1.76. The van der Waals surface area contributed by atoms with Gasteiger partial charge in [0.15, 0.2) is 5.65 Å². The first-order valence-corrected chi connectivity index (χ1v) is 6.03. The second kappa shape index (κ2) is 4.44. The molecule has 0 fully saturated rings. The van der Waals surface area contributed by atoms with Crippen molar-refractivity contribution in [1.29, 1.82) is 0 Å². The zero-order valence-corrected chi connectivity index (χ0v) is 10.8. The Kier molecular flexibility index (Phi) is 2.76. The fourth-order valence-electron chi connectivity index (χ4n) is 2.12. The maximum absolute atomic E-state index is 5.56. The first-order valence-electron chi connectivity index (χ1n) is 6.03. The maximum Gasteiger partial charge on any atom is 0.163 e. The normalized spacial score (nSPS) is 11.1. The molecule has 96 valence electrons. The lowest BCUT2D eigenvalue weighted by molar-refractivity contribution is 0.419. The summed E-state index contributed by atoms with van der Waals surface area (Å²) in [6, 6.07) is 5.97. The Morgan fingerprint density at radius 1 is 1.26 bits per heavy atom. The number of benzene rings is 1. The molecular weight excluding hydrogens is 240 g/mol. The number of pyridine rings is 1. The van der Waals surface area contributed by atoms with E-state index in [9.17, 15) is 0 Å². The molecule has 19 heavy (non-hydrogen) atoms. The number of methoxy groups -OCH3 is 1. The molecule has 0 aliphatic heterocycles. The van der Waals surface area contributed by atoms with Crippen molar-refractivity contribution in [3.8, 4) is 5.75 Å². The second-order valence-corrected chi connectivity index (χ2v) is 4.37. The van der Waals surface area contributed by atoms with Crippen LogP contribution in [0.1, 0.15) is 11.4 Å². The third-order valence-electron chi connectivity index (χ3n) is 3.16. The highest BCUT2D eigenvalue weighted by Gasteiger charge is 2.09. The van der Waals surface area contributed by atoms with Crippen LogP contribution in [0.5, 0.6) is 5.75 Å². The minimum Gasteiger partial charge on any atom is -0.494 e. The van der Waals surface area contributed by atoms with Gasteiger partial charge in [0.2, 0.25) is 0 Å². The van der Waals surface area contributed by atoms with Crippen LogP contribution in [0.3, 0.4) is 0 Å². The van der Waals surface area contributed by atoms with Crippen molar-refractivity contribution < 1.29 is 4.74 Å². The van der Waals surface area contributed by atoms with Crippen LogP contribution >= 0.6 is 0 Å². The van der Waals surface area contributed by atoms with Crippen molar-refractivity contribution in [2.75, 3.05) is 7.11 Å². The SMILES string of the molecule is COc1ccc(C)c2cc3cnc(CN)nc3nc12. The fraction of sp³-hybridized carbons (Fsp3) is 0.214. The van der Waals surface area contributed by atoms with Crippen molar-refractivity contribution in [3.63, 3.8) is 0 Å². The number of ether oxygens (including phenoxy) is 1. The van der Waals surface area contributed by atoms with Crippen molar-refractivity contribution in [1.82, 2.24) is 15.0 Å². The summed E-state index contributed by atoms with van der Waals surface area (Å²) in [7, 11) is 1.64. The number of hydrogen-bond acceptors (Lipinski definition) is 5. The van der Waals surface area contributed by atoms with E-state index in [-0.39, 0.29) is 0 Å². The zero-order valence-electron chi connectivity index (χ0n) is 10.8. The summed E-state index contributed by atoms with van der Waals surface area (Å²) in [4.78, 5) is 13.1. The van der Waals surface area contributed by atoms with E-state index in [2.05, 4.69) is 15.0 Å². The van der Waals surface area contributed by atoms with Crippen LogP contribution in [-0.2, 0) is 6.54 Å². The van der Waals surface area contributed by atoms with Gasteiger partial charge in [-0.1, -0.05) is 6.07 Å². The molecule has 3 rings (SSSR count). The second-order valence-electron chi connectivity index (χ2n) is 4.37. The van der Waals surface area contributed by atoms with Gasteiger partial charge < -0.3 is 10.5 Å². The molecule has 0 saturated heterocycles. The highest BCUT2D eigenvalue weighted by atomic mass is 16.5. The fourth-order valence-corrected chi connectivity index (χ4v) is 2.12. The van der Waals surface area contributed by atoms with Gasteiger partial charge in [-0.15, -0.1) is 0 Å². The summed E-state index contributed by atoms with van der Waals surface area (Å²) >= 11 is 0. The van der Waals surface area contributed by atoms with Crippen LogP contribution in [0, 0.1) is 6.92 Å². The highest BCUT2D eigenvalue weighted by molar-refractivity contribution is 5.95. The van der Waals surface area contributed by atoms with Crippen molar-refractivity contribution in [3.05, 3.63) is 35.8 Å². The Morgan fingerprint density at radius 3 is 2.84 bits per heavy atom. The maximum atomic E-state index is 5.56. The molecule has 2 aromatic heterocycles. The topological polar surface area (TPSA) is 73.9 Å². The highest BCUT2D eigenvalue weighted by Crippen LogP contribution is 2.28. The van der Waals surface area contributed by atoms with Gasteiger partial charge in [-0.2, -0.15) is 0 Å². The molecule has 2 N–H and O–H groups in total. The Balaban J connectivity index is 2.41. The van der Waals surface area contributed by atoms with Gasteiger partial charge in [0.05, 0.1) is 13.7 Å². The first-order chi connectivity index (χ1) is 9.22. The van der Waals surface area contributed by atoms with Crippen LogP contribution in [0.15, 0.2) is 24.4 Å². The largest absolute Gasteiger partial charge is 0.494 e. The first kappa shape index (κ1) is 11.8. The van der Waals surface area contributed by atoms with Crippen molar-refractivity contribution in [2.24, 2.45) is 5.73 Å². The predicted octanol–water partition coefficient (Wildman–Crippen LogP) is 1.95. The zero-order chi connectivity index (χ0) is 13.4. The van der Waals surface area contributed by atoms with Crippen molar-refractivity contribution >= 4 is 21.9 Å². The Bertz CT molecular complexity index is 770. The molecule has 3 aromatic rings. The molecule has 0 saturated carbocycles. The molecule has 0 bridgehead atoms. The van der Waals surface area contributed by atoms with E-state index < -0.39 is 0 Å². The molecule has 5 nitrogen and oxygen atoms in total. The Labute approximate surface area is 110 Å². The van der Waals surface area contributed by atoms with Gasteiger partial charge in [-0.25, -0.2) is 15.0 Å². The van der Waals surface area contributed by atoms with Gasteiger partial charge in [0.25, 0.3) is 0 Å². The van der Waals surface area contributed by atoms with Crippen LogP contribution in [0.2, 0.25) is 0 Å². The molecule has 0 radical (unpaired) electrons. The minimum absolute atomic E-state index is 0.306. The average Bonchev–Trinajstić information content (AvgIpc) is 2.45. The van der Waals surface area contributed by atoms with E-state index in [1.165, 1.54) is 0 Å². The quantitative estimate of drug-likeness (QED) is 0.707. The lowest BCUT2D eigenvalue weighted by Crippen LogP contribution is -2.03. The number of aryl methyl sites for hydroxylation is 1. The van der Waals surface area contributed by atoms with Gasteiger partial charge in [0.1, 0.15) is 17.1 Å². The van der Waals surface area contributed by atoms with Crippen LogP contribution < -0.4 is 10.5 Å². The average molecular weight is 254 g/mol. The Morgan fingerprint density at radius 2 is 2.11 bits per heavy atom. The van der Waals surface area contributed by atoms with Crippen LogP contribution in [0.25, 0.3) is 21.9 Å². The van der Waals surface area contributed by atoms with Crippen molar-refractivity contribution in [2.45, 2.75) is 13.5 Å². The molecule has 0 aliphatic rings. The number of nitrogens with zero attached hydrogens (tertiary/aromatic N) is 3. The van der Waals surface area contributed by atoms with E-state index in [1.54, 1.807) is 13.3 Å². The van der Waals surface area contributed by atoms with Gasteiger partial charge in [-0.05, 0) is 24.6 Å². The van der Waals surface area contributed by atoms with Gasteiger partial charge in [-0.3, -0.25) is 0 Å². The lowest BCUT2D eigenvalue weighted by Gasteiger charge is -2.08. The molecule has 0 amide bonds. The molecule has 0 spiro atoms. The molecule has 0 aliphatic carbocycles. The van der Waals surface area contributed by atoms with E-state index in [0.29, 0.717) is 18.0 Å². The van der Waals surface area contributed by atoms with Gasteiger partial charge >= 0.3 is 0 Å². The molecule has 5 heteroatoms. The van der Waals surface area contributed by atoms with E-state index >= 15 is 0 Å². The third kappa shape index (κ3) is 1.88. The third-order valence-corrected chi connectivity index (χ3v) is 3.16. The predicted molar refractivity (Wildman–Crippen MR) is 74.0 cm³/mol. The summed E-state index contributed by atoms with van der Waals surface area (Å²) in [5.74, 6) is 1.33. The van der Waals surface area contributed by atoms with Crippen LogP contribution in [0.4, 0.5) is 0 Å². The number of rotatable bonds is 2. The number of aromatic nitrogens is 3. The number of hydrogen-bond donors (Lipinski definition) is 1. The number of nitrogens with two attached hydrogens (primary N) is 1. The molecule has 1 aromatic carbocycles. The lowest BCUT2D eigenvalue weighted by atomic mass is 10.1. The summed E-state index contributed by atoms with van der Waals surface area (Å²) in [5, 5.41) is 1.96. The van der Waals surface area contributed by atoms with E-state index in [0.717, 1.165) is 27.6 Å². The summed E-state index contributed by atoms with van der Waals surface area (Å²) in [5.41, 5.74) is 8.16. The summed E-state index contributed by atoms with van der Waals surface area (Å²) in [6.45, 7) is 2.35. The Hall–Kier alpha value is -2.27. The monoisotopic (exact) mass is 254 g/mol. The number of fused-ring (bicyclic) bond motifs is 2.